The van der Waals surface area contributed by atoms with E-state index >= 15 is 0 Å². The first-order chi connectivity index (χ1) is 10.1. The lowest BCUT2D eigenvalue weighted by Gasteiger charge is -2.15. The summed E-state index contributed by atoms with van der Waals surface area (Å²) in [5.74, 6) is -1.87. The molecule has 110 valence electrons. The zero-order valence-corrected chi connectivity index (χ0v) is 11.4. The number of carboxylic acids is 1. The third-order valence-corrected chi connectivity index (χ3v) is 3.92. The predicted molar refractivity (Wildman–Crippen MR) is 73.3 cm³/mol. The van der Waals surface area contributed by atoms with Crippen LogP contribution in [-0.2, 0) is 9.59 Å². The monoisotopic (exact) mass is 289 g/mol. The molecule has 21 heavy (non-hydrogen) atoms. The highest BCUT2D eigenvalue weighted by Gasteiger charge is 2.41. The number of aliphatic carboxylic acids is 1. The number of carboxylic acid groups (broad SMARTS) is 1. The Labute approximate surface area is 120 Å². The maximum atomic E-state index is 12.4. The van der Waals surface area contributed by atoms with E-state index in [0.29, 0.717) is 29.8 Å². The SMILES string of the molecule is CC1C[C@H](C(=O)Nc2ncnc3nc[nH]c23)[C@H](C(=O)O)C1. The molecule has 3 rings (SSSR count). The zero-order valence-electron chi connectivity index (χ0n) is 11.4. The molecule has 0 bridgehead atoms. The molecule has 2 aromatic heterocycles. The molecule has 1 fully saturated rings. The van der Waals surface area contributed by atoms with E-state index in [-0.39, 0.29) is 11.8 Å². The number of hydrogen-bond donors (Lipinski definition) is 3. The number of rotatable bonds is 3. The summed E-state index contributed by atoms with van der Waals surface area (Å²) in [5.41, 5.74) is 0.985. The van der Waals surface area contributed by atoms with Gasteiger partial charge in [-0.1, -0.05) is 6.92 Å². The average molecular weight is 289 g/mol. The Morgan fingerprint density at radius 3 is 2.81 bits per heavy atom. The minimum atomic E-state index is -0.922. The second-order valence-corrected chi connectivity index (χ2v) is 5.44. The highest BCUT2D eigenvalue weighted by Crippen LogP contribution is 2.37. The topological polar surface area (TPSA) is 121 Å². The van der Waals surface area contributed by atoms with Gasteiger partial charge >= 0.3 is 5.97 Å². The van der Waals surface area contributed by atoms with Crippen molar-refractivity contribution in [2.75, 3.05) is 5.32 Å². The molecule has 0 spiro atoms. The van der Waals surface area contributed by atoms with Crippen LogP contribution in [0.4, 0.5) is 5.82 Å². The van der Waals surface area contributed by atoms with Gasteiger partial charge in [0.05, 0.1) is 18.2 Å². The van der Waals surface area contributed by atoms with Gasteiger partial charge in [0.25, 0.3) is 0 Å². The number of carbonyl (C=O) groups excluding carboxylic acids is 1. The second-order valence-electron chi connectivity index (χ2n) is 5.44. The van der Waals surface area contributed by atoms with Gasteiger partial charge in [-0.3, -0.25) is 9.59 Å². The first-order valence-corrected chi connectivity index (χ1v) is 6.74. The molecular formula is C13H15N5O3. The van der Waals surface area contributed by atoms with Gasteiger partial charge in [0.2, 0.25) is 5.91 Å². The van der Waals surface area contributed by atoms with Crippen molar-refractivity contribution in [2.45, 2.75) is 19.8 Å². The van der Waals surface area contributed by atoms with E-state index < -0.39 is 17.8 Å². The molecule has 1 aliphatic rings. The van der Waals surface area contributed by atoms with Crippen molar-refractivity contribution in [3.8, 4) is 0 Å². The average Bonchev–Trinajstić information content (AvgIpc) is 3.05. The van der Waals surface area contributed by atoms with Crippen LogP contribution in [0.5, 0.6) is 0 Å². The molecule has 3 atom stereocenters. The van der Waals surface area contributed by atoms with Gasteiger partial charge in [-0.25, -0.2) is 15.0 Å². The largest absolute Gasteiger partial charge is 0.481 e. The first kappa shape index (κ1) is 13.5. The lowest BCUT2D eigenvalue weighted by atomic mass is 9.95. The normalized spacial score (nSPS) is 25.1. The fourth-order valence-electron chi connectivity index (χ4n) is 2.92. The molecule has 2 aromatic rings. The number of nitrogens with one attached hydrogen (secondary N) is 2. The number of aromatic amines is 1. The standard InChI is InChI=1S/C13H15N5O3/c1-6-2-7(8(3-6)13(20)21)12(19)18-11-9-10(15-4-14-9)16-5-17-11/h4-8H,2-3H2,1H3,(H,20,21)(H2,14,15,16,17,18,19)/t6?,7-,8+/m0/s1. The Kier molecular flexibility index (Phi) is 3.28. The van der Waals surface area contributed by atoms with Crippen LogP contribution in [0.25, 0.3) is 11.2 Å². The summed E-state index contributed by atoms with van der Waals surface area (Å²) in [5, 5.41) is 11.9. The van der Waals surface area contributed by atoms with Crippen LogP contribution in [0.1, 0.15) is 19.8 Å². The highest BCUT2D eigenvalue weighted by molar-refractivity contribution is 5.99. The Bertz CT molecular complexity index is 698. The number of H-pyrrole nitrogens is 1. The molecule has 1 unspecified atom stereocenters. The van der Waals surface area contributed by atoms with Gasteiger partial charge in [0.1, 0.15) is 11.8 Å². The number of hydrogen-bond acceptors (Lipinski definition) is 5. The van der Waals surface area contributed by atoms with Crippen molar-refractivity contribution in [1.82, 2.24) is 19.9 Å². The van der Waals surface area contributed by atoms with Crippen LogP contribution in [0, 0.1) is 17.8 Å². The summed E-state index contributed by atoms with van der Waals surface area (Å²) in [7, 11) is 0. The maximum absolute atomic E-state index is 12.4. The summed E-state index contributed by atoms with van der Waals surface area (Å²) in [6, 6.07) is 0. The number of nitrogens with zero attached hydrogens (tertiary/aromatic N) is 3. The molecule has 0 aromatic carbocycles. The second kappa shape index (κ2) is 5.12. The van der Waals surface area contributed by atoms with E-state index in [1.54, 1.807) is 0 Å². The van der Waals surface area contributed by atoms with Crippen molar-refractivity contribution in [2.24, 2.45) is 17.8 Å². The lowest BCUT2D eigenvalue weighted by molar-refractivity contribution is -0.145. The van der Waals surface area contributed by atoms with Gasteiger partial charge in [-0.15, -0.1) is 0 Å². The van der Waals surface area contributed by atoms with Crippen LogP contribution < -0.4 is 5.32 Å². The molecule has 1 amide bonds. The molecule has 3 N–H and O–H groups in total. The molecule has 0 aliphatic heterocycles. The van der Waals surface area contributed by atoms with Crippen LogP contribution in [0.3, 0.4) is 0 Å². The van der Waals surface area contributed by atoms with Crippen LogP contribution in [0.15, 0.2) is 12.7 Å². The van der Waals surface area contributed by atoms with Gasteiger partial charge in [-0.2, -0.15) is 0 Å². The molecule has 1 saturated carbocycles. The third-order valence-electron chi connectivity index (χ3n) is 3.92. The zero-order chi connectivity index (χ0) is 15.0. The van der Waals surface area contributed by atoms with Crippen molar-refractivity contribution in [3.63, 3.8) is 0 Å². The van der Waals surface area contributed by atoms with E-state index in [1.165, 1.54) is 12.7 Å². The van der Waals surface area contributed by atoms with Gasteiger partial charge in [0, 0.05) is 0 Å². The molecule has 2 heterocycles. The van der Waals surface area contributed by atoms with Gasteiger partial charge in [-0.05, 0) is 18.8 Å². The number of fused-ring (bicyclic) bond motifs is 1. The van der Waals surface area contributed by atoms with Crippen LogP contribution >= 0.6 is 0 Å². The number of carbonyl (C=O) groups is 2. The van der Waals surface area contributed by atoms with Crippen molar-refractivity contribution < 1.29 is 14.7 Å². The van der Waals surface area contributed by atoms with Gasteiger partial charge < -0.3 is 15.4 Å². The third kappa shape index (κ3) is 2.44. The number of anilines is 1. The lowest BCUT2D eigenvalue weighted by Crippen LogP contribution is -2.30. The highest BCUT2D eigenvalue weighted by atomic mass is 16.4. The summed E-state index contributed by atoms with van der Waals surface area (Å²) >= 11 is 0. The fraction of sp³-hybridized carbons (Fsp3) is 0.462. The Morgan fingerprint density at radius 2 is 2.05 bits per heavy atom. The molecule has 8 nitrogen and oxygen atoms in total. The minimum Gasteiger partial charge on any atom is -0.481 e. The van der Waals surface area contributed by atoms with E-state index in [2.05, 4.69) is 25.3 Å². The minimum absolute atomic E-state index is 0.222. The van der Waals surface area contributed by atoms with E-state index in [9.17, 15) is 14.7 Å². The maximum Gasteiger partial charge on any atom is 0.307 e. The van der Waals surface area contributed by atoms with E-state index in [4.69, 9.17) is 0 Å². The summed E-state index contributed by atoms with van der Waals surface area (Å²) in [6.07, 6.45) is 3.87. The first-order valence-electron chi connectivity index (χ1n) is 6.74. The van der Waals surface area contributed by atoms with Crippen molar-refractivity contribution >= 4 is 28.9 Å². The summed E-state index contributed by atoms with van der Waals surface area (Å²) in [6.45, 7) is 1.96. The van der Waals surface area contributed by atoms with E-state index in [1.807, 2.05) is 6.92 Å². The van der Waals surface area contributed by atoms with E-state index in [0.717, 1.165) is 0 Å². The number of amides is 1. The molecule has 8 heteroatoms. The Hall–Kier alpha value is -2.51. The van der Waals surface area contributed by atoms with Crippen LogP contribution in [-0.4, -0.2) is 36.9 Å². The van der Waals surface area contributed by atoms with Crippen LogP contribution in [0.2, 0.25) is 0 Å². The summed E-state index contributed by atoms with van der Waals surface area (Å²) in [4.78, 5) is 38.5. The number of aromatic nitrogens is 4. The van der Waals surface area contributed by atoms with Crippen molar-refractivity contribution in [1.29, 1.82) is 0 Å². The quantitative estimate of drug-likeness (QED) is 0.776. The fourth-order valence-corrected chi connectivity index (χ4v) is 2.92. The molecular weight excluding hydrogens is 274 g/mol. The molecule has 1 aliphatic carbocycles. The van der Waals surface area contributed by atoms with Crippen molar-refractivity contribution in [3.05, 3.63) is 12.7 Å². The molecule has 0 radical (unpaired) electrons. The molecule has 0 saturated heterocycles. The smallest absolute Gasteiger partial charge is 0.307 e. The predicted octanol–water partition coefficient (Wildman–Crippen LogP) is 1.04. The van der Waals surface area contributed by atoms with Gasteiger partial charge in [0.15, 0.2) is 11.5 Å². The number of imidazole rings is 1. The summed E-state index contributed by atoms with van der Waals surface area (Å²) < 4.78 is 0. The Morgan fingerprint density at radius 1 is 1.29 bits per heavy atom. The Balaban J connectivity index is 1.83.